The van der Waals surface area contributed by atoms with E-state index in [1.807, 2.05) is 14.0 Å². The molecule has 1 N–H and O–H groups in total. The Hall–Kier alpha value is -0.0800. The number of ether oxygens (including phenoxy) is 1. The van der Waals surface area contributed by atoms with E-state index in [-0.39, 0.29) is 0 Å². The zero-order chi connectivity index (χ0) is 5.70. The molecule has 2 heteroatoms. The Labute approximate surface area is 44.9 Å². The van der Waals surface area contributed by atoms with Gasteiger partial charge in [-0.1, -0.05) is 6.92 Å². The molecule has 0 aliphatic carbocycles. The first-order valence-electron chi connectivity index (χ1n) is 2.42. The van der Waals surface area contributed by atoms with Crippen molar-refractivity contribution in [1.29, 1.82) is 0 Å². The molecule has 0 atom stereocenters. The second-order valence-corrected chi connectivity index (χ2v) is 1.23. The predicted molar refractivity (Wildman–Crippen MR) is 29.6 cm³/mol. The van der Waals surface area contributed by atoms with E-state index in [9.17, 15) is 0 Å². The van der Waals surface area contributed by atoms with Crippen LogP contribution in [0.3, 0.4) is 0 Å². The summed E-state index contributed by atoms with van der Waals surface area (Å²) in [7, 11) is 3.51. The topological polar surface area (TPSA) is 21.3 Å². The summed E-state index contributed by atoms with van der Waals surface area (Å²) in [6, 6.07) is 0. The molecule has 0 unspecified atom stereocenters. The zero-order valence-corrected chi connectivity index (χ0v) is 5.12. The van der Waals surface area contributed by atoms with Crippen LogP contribution in [0.25, 0.3) is 0 Å². The molecule has 0 aromatic heterocycles. The Morgan fingerprint density at radius 1 is 1.71 bits per heavy atom. The Bertz CT molecular complexity index is 29.6. The molecule has 0 fully saturated rings. The van der Waals surface area contributed by atoms with E-state index in [2.05, 4.69) is 5.32 Å². The highest BCUT2D eigenvalue weighted by Gasteiger charge is 1.97. The number of nitrogens with one attached hydrogen (secondary N) is 1. The maximum Gasteiger partial charge on any atom is 0.161 e. The molecule has 0 amide bonds. The second-order valence-electron chi connectivity index (χ2n) is 1.23. The van der Waals surface area contributed by atoms with Crippen molar-refractivity contribution in [3.63, 3.8) is 0 Å². The Morgan fingerprint density at radius 2 is 2.29 bits per heavy atom. The molecule has 0 saturated heterocycles. The predicted octanol–water partition coefficient (Wildman–Crippen LogP) is 0.752. The first-order chi connectivity index (χ1) is 3.35. The number of methoxy groups -OCH3 is 1. The van der Waals surface area contributed by atoms with Crippen LogP contribution in [0.4, 0.5) is 0 Å². The normalized spacial score (nSPS) is 10.3. The van der Waals surface area contributed by atoms with Gasteiger partial charge in [0.2, 0.25) is 0 Å². The maximum absolute atomic E-state index is 4.85. The molecular weight excluding hydrogens is 90.1 g/mol. The van der Waals surface area contributed by atoms with Gasteiger partial charge in [0.1, 0.15) is 0 Å². The minimum absolute atomic E-state index is 0.931. The van der Waals surface area contributed by atoms with Gasteiger partial charge in [-0.15, -0.1) is 0 Å². The molecule has 0 bridgehead atoms. The summed E-state index contributed by atoms with van der Waals surface area (Å²) in [5.41, 5.74) is 0. The summed E-state index contributed by atoms with van der Waals surface area (Å²) >= 11 is 0. The van der Waals surface area contributed by atoms with Crippen LogP contribution in [-0.2, 0) is 4.74 Å². The average Bonchev–Trinajstić information content (AvgIpc) is 1.72. The van der Waals surface area contributed by atoms with E-state index in [1.54, 1.807) is 7.11 Å². The molecule has 0 spiro atoms. The van der Waals surface area contributed by atoms with Crippen LogP contribution in [0.1, 0.15) is 13.3 Å². The lowest BCUT2D eigenvalue weighted by Crippen LogP contribution is -2.16. The first-order valence-corrected chi connectivity index (χ1v) is 2.42. The molecule has 0 rings (SSSR count). The van der Waals surface area contributed by atoms with Crippen LogP contribution >= 0.6 is 0 Å². The monoisotopic (exact) mass is 102 g/mol. The van der Waals surface area contributed by atoms with E-state index < -0.39 is 0 Å². The fourth-order valence-corrected chi connectivity index (χ4v) is 0.423. The van der Waals surface area contributed by atoms with Gasteiger partial charge >= 0.3 is 0 Å². The van der Waals surface area contributed by atoms with E-state index in [4.69, 9.17) is 4.74 Å². The van der Waals surface area contributed by atoms with Crippen LogP contribution < -0.4 is 5.32 Å². The lowest BCUT2D eigenvalue weighted by atomic mass is 10.4. The van der Waals surface area contributed by atoms with Crippen LogP contribution in [0.2, 0.25) is 0 Å². The quantitative estimate of drug-likeness (QED) is 0.567. The number of hydrogen-bond donors (Lipinski definition) is 1. The highest BCUT2D eigenvalue weighted by molar-refractivity contribution is 4.67. The van der Waals surface area contributed by atoms with E-state index in [0.717, 1.165) is 12.6 Å². The van der Waals surface area contributed by atoms with Gasteiger partial charge in [-0.25, -0.2) is 0 Å². The van der Waals surface area contributed by atoms with Crippen molar-refractivity contribution in [2.45, 2.75) is 13.3 Å². The number of rotatable bonds is 3. The third-order valence-electron chi connectivity index (χ3n) is 0.846. The van der Waals surface area contributed by atoms with E-state index in [0.29, 0.717) is 0 Å². The molecule has 7 heavy (non-hydrogen) atoms. The molecule has 43 valence electrons. The number of hydrogen-bond acceptors (Lipinski definition) is 2. The molecule has 0 aromatic rings. The third-order valence-corrected chi connectivity index (χ3v) is 0.846. The van der Waals surface area contributed by atoms with Crippen molar-refractivity contribution in [2.75, 3.05) is 14.2 Å². The average molecular weight is 102 g/mol. The van der Waals surface area contributed by atoms with Crippen LogP contribution in [0, 0.1) is 6.23 Å². The smallest absolute Gasteiger partial charge is 0.161 e. The minimum atomic E-state index is 0.931. The lowest BCUT2D eigenvalue weighted by molar-refractivity contribution is 0.177. The molecular formula is C5H12NO. The first kappa shape index (κ1) is 6.92. The molecule has 1 radical (unpaired) electrons. The maximum atomic E-state index is 4.85. The lowest BCUT2D eigenvalue weighted by Gasteiger charge is -2.07. The van der Waals surface area contributed by atoms with Gasteiger partial charge in [0.25, 0.3) is 0 Å². The standard InChI is InChI=1S/C5H12NO/c1-4-5(6-2)7-3/h6H,4H2,1-3H3. The van der Waals surface area contributed by atoms with E-state index in [1.165, 1.54) is 0 Å². The Morgan fingerprint density at radius 3 is 2.29 bits per heavy atom. The Balaban J connectivity index is 2.99. The van der Waals surface area contributed by atoms with Gasteiger partial charge in [0, 0.05) is 7.11 Å². The summed E-state index contributed by atoms with van der Waals surface area (Å²) in [4.78, 5) is 0. The van der Waals surface area contributed by atoms with Crippen LogP contribution in [0.15, 0.2) is 0 Å². The summed E-state index contributed by atoms with van der Waals surface area (Å²) in [5.74, 6) is 0. The van der Waals surface area contributed by atoms with Gasteiger partial charge in [0.15, 0.2) is 6.23 Å². The largest absolute Gasteiger partial charge is 0.359 e. The van der Waals surface area contributed by atoms with Gasteiger partial charge in [0.05, 0.1) is 0 Å². The van der Waals surface area contributed by atoms with Crippen LogP contribution in [0.5, 0.6) is 0 Å². The molecule has 0 heterocycles. The minimum Gasteiger partial charge on any atom is -0.359 e. The van der Waals surface area contributed by atoms with Crippen molar-refractivity contribution >= 4 is 0 Å². The molecule has 0 aromatic carbocycles. The highest BCUT2D eigenvalue weighted by atomic mass is 16.5. The van der Waals surface area contributed by atoms with Crippen LogP contribution in [-0.4, -0.2) is 14.2 Å². The molecule has 0 saturated carbocycles. The Kier molecular flexibility index (Phi) is 4.04. The van der Waals surface area contributed by atoms with Crippen molar-refractivity contribution in [3.8, 4) is 0 Å². The second kappa shape index (κ2) is 4.09. The van der Waals surface area contributed by atoms with Gasteiger partial charge in [-0.3, -0.25) is 5.32 Å². The van der Waals surface area contributed by atoms with Gasteiger partial charge < -0.3 is 4.74 Å². The summed E-state index contributed by atoms with van der Waals surface area (Å²) in [5, 5.41) is 2.90. The van der Waals surface area contributed by atoms with E-state index >= 15 is 0 Å². The summed E-state index contributed by atoms with van der Waals surface area (Å²) in [6.07, 6.45) is 1.87. The fraction of sp³-hybridized carbons (Fsp3) is 0.800. The summed E-state index contributed by atoms with van der Waals surface area (Å²) < 4.78 is 4.85. The zero-order valence-electron chi connectivity index (χ0n) is 5.12. The summed E-state index contributed by atoms with van der Waals surface area (Å²) in [6.45, 7) is 2.04. The SMILES string of the molecule is CC[C](NC)OC. The van der Waals surface area contributed by atoms with Crippen molar-refractivity contribution in [3.05, 3.63) is 6.23 Å². The molecule has 0 aliphatic heterocycles. The van der Waals surface area contributed by atoms with Gasteiger partial charge in [-0.05, 0) is 13.5 Å². The third kappa shape index (κ3) is 2.60. The van der Waals surface area contributed by atoms with Crippen molar-refractivity contribution in [2.24, 2.45) is 0 Å². The fourth-order valence-electron chi connectivity index (χ4n) is 0.423. The van der Waals surface area contributed by atoms with Crippen molar-refractivity contribution in [1.82, 2.24) is 5.32 Å². The van der Waals surface area contributed by atoms with Crippen molar-refractivity contribution < 1.29 is 4.74 Å². The highest BCUT2D eigenvalue weighted by Crippen LogP contribution is 1.96. The molecule has 2 nitrogen and oxygen atoms in total. The van der Waals surface area contributed by atoms with Gasteiger partial charge in [-0.2, -0.15) is 0 Å². The molecule has 0 aliphatic rings.